The lowest BCUT2D eigenvalue weighted by molar-refractivity contribution is -0.115. The molecule has 0 unspecified atom stereocenters. The topological polar surface area (TPSA) is 67.8 Å². The molecule has 3 rings (SSSR count). The second kappa shape index (κ2) is 7.55. The monoisotopic (exact) mass is 372 g/mol. The lowest BCUT2D eigenvalue weighted by atomic mass is 10.1. The second-order valence-electron chi connectivity index (χ2n) is 5.07. The molecule has 0 radical (unpaired) electrons. The number of hydrogen-bond donors (Lipinski definition) is 1. The van der Waals surface area contributed by atoms with Gasteiger partial charge in [-0.25, -0.2) is 9.79 Å². The minimum absolute atomic E-state index is 0.213. The molecule has 7 heteroatoms. The first kappa shape index (κ1) is 17.3. The number of amides is 1. The molecule has 2 aromatic rings. The van der Waals surface area contributed by atoms with Gasteiger partial charge in [-0.1, -0.05) is 23.7 Å². The van der Waals surface area contributed by atoms with Crippen molar-refractivity contribution in [2.45, 2.75) is 0 Å². The van der Waals surface area contributed by atoms with E-state index in [4.69, 9.17) is 11.6 Å². The van der Waals surface area contributed by atoms with E-state index in [1.165, 1.54) is 18.9 Å². The summed E-state index contributed by atoms with van der Waals surface area (Å²) in [6.45, 7) is 0. The van der Waals surface area contributed by atoms with Gasteiger partial charge in [-0.3, -0.25) is 4.79 Å². The van der Waals surface area contributed by atoms with E-state index in [1.54, 1.807) is 54.6 Å². The lowest BCUT2D eigenvalue weighted by Gasteiger charge is -1.99. The van der Waals surface area contributed by atoms with E-state index < -0.39 is 5.97 Å². The number of carbonyl (C=O) groups is 2. The second-order valence-corrected chi connectivity index (χ2v) is 6.54. The number of aliphatic imine (C=N–C) groups is 1. The molecule has 0 aliphatic carbocycles. The molecular formula is C18H13ClN2O3S. The number of benzene rings is 2. The minimum Gasteiger partial charge on any atom is -0.465 e. The van der Waals surface area contributed by atoms with Crippen molar-refractivity contribution in [3.05, 3.63) is 69.6 Å². The summed E-state index contributed by atoms with van der Waals surface area (Å²) in [4.78, 5) is 28.4. The van der Waals surface area contributed by atoms with Gasteiger partial charge in [0, 0.05) is 5.02 Å². The van der Waals surface area contributed by atoms with Crippen LogP contribution in [0.25, 0.3) is 6.08 Å². The van der Waals surface area contributed by atoms with Gasteiger partial charge in [-0.05, 0) is 59.8 Å². The van der Waals surface area contributed by atoms with E-state index >= 15 is 0 Å². The van der Waals surface area contributed by atoms with Crippen molar-refractivity contribution >= 4 is 52.2 Å². The maximum Gasteiger partial charge on any atom is 0.337 e. The average molecular weight is 373 g/mol. The lowest BCUT2D eigenvalue weighted by Crippen LogP contribution is -2.19. The van der Waals surface area contributed by atoms with Crippen LogP contribution in [0.1, 0.15) is 15.9 Å². The molecule has 1 heterocycles. The molecule has 1 N–H and O–H groups in total. The van der Waals surface area contributed by atoms with Gasteiger partial charge in [-0.2, -0.15) is 0 Å². The van der Waals surface area contributed by atoms with Gasteiger partial charge in [-0.15, -0.1) is 0 Å². The van der Waals surface area contributed by atoms with Crippen LogP contribution in [0.4, 0.5) is 5.69 Å². The molecule has 1 fully saturated rings. The van der Waals surface area contributed by atoms with Crippen molar-refractivity contribution in [2.75, 3.05) is 7.11 Å². The number of amidine groups is 1. The summed E-state index contributed by atoms with van der Waals surface area (Å²) in [5, 5.41) is 3.86. The van der Waals surface area contributed by atoms with Gasteiger partial charge >= 0.3 is 5.97 Å². The van der Waals surface area contributed by atoms with E-state index in [-0.39, 0.29) is 5.91 Å². The Morgan fingerprint density at radius 3 is 2.48 bits per heavy atom. The third kappa shape index (κ3) is 4.29. The zero-order valence-electron chi connectivity index (χ0n) is 13.2. The molecule has 0 saturated carbocycles. The number of methoxy groups -OCH3 is 1. The fraction of sp³-hybridized carbons (Fsp3) is 0.0556. The van der Waals surface area contributed by atoms with Gasteiger partial charge in [0.2, 0.25) is 0 Å². The fourth-order valence-corrected chi connectivity index (χ4v) is 3.07. The van der Waals surface area contributed by atoms with Crippen LogP contribution in [0, 0.1) is 0 Å². The number of rotatable bonds is 3. The summed E-state index contributed by atoms with van der Waals surface area (Å²) < 4.78 is 4.66. The summed E-state index contributed by atoms with van der Waals surface area (Å²) in [5.41, 5.74) is 1.96. The van der Waals surface area contributed by atoms with Crippen molar-refractivity contribution in [1.29, 1.82) is 0 Å². The highest BCUT2D eigenvalue weighted by Gasteiger charge is 2.23. The predicted molar refractivity (Wildman–Crippen MR) is 100 cm³/mol. The first-order valence-electron chi connectivity index (χ1n) is 7.29. The highest BCUT2D eigenvalue weighted by Crippen LogP contribution is 2.28. The molecule has 2 aromatic carbocycles. The molecule has 1 aliphatic heterocycles. The van der Waals surface area contributed by atoms with Crippen LogP contribution < -0.4 is 5.32 Å². The molecule has 1 aliphatic rings. The number of nitrogens with one attached hydrogen (secondary N) is 1. The molecule has 1 amide bonds. The van der Waals surface area contributed by atoms with Crippen LogP contribution in [0.15, 0.2) is 58.4 Å². The SMILES string of the molecule is COC(=O)c1ccc(C=C2SC(=Nc3ccc(Cl)cc3)NC2=O)cc1. The Morgan fingerprint density at radius 1 is 1.16 bits per heavy atom. The number of nitrogens with zero attached hydrogens (tertiary/aromatic N) is 1. The smallest absolute Gasteiger partial charge is 0.337 e. The van der Waals surface area contributed by atoms with Gasteiger partial charge in [0.05, 0.1) is 23.3 Å². The maximum absolute atomic E-state index is 12.1. The Labute approximate surface area is 153 Å². The summed E-state index contributed by atoms with van der Waals surface area (Å²) in [6, 6.07) is 13.8. The predicted octanol–water partition coefficient (Wildman–Crippen LogP) is 4.02. The van der Waals surface area contributed by atoms with Crippen LogP contribution >= 0.6 is 23.4 Å². The Bertz CT molecular complexity index is 874. The zero-order chi connectivity index (χ0) is 17.8. The molecular weight excluding hydrogens is 360 g/mol. The standard InChI is InChI=1S/C18H13ClN2O3S/c1-24-17(23)12-4-2-11(3-5-12)10-15-16(22)21-18(25-15)20-14-8-6-13(19)7-9-14/h2-10H,1H3,(H,20,21,22). The Balaban J connectivity index is 1.77. The third-order valence-electron chi connectivity index (χ3n) is 3.34. The number of thioether (sulfide) groups is 1. The van der Waals surface area contributed by atoms with Crippen LogP contribution in [0.5, 0.6) is 0 Å². The van der Waals surface area contributed by atoms with Gasteiger partial charge in [0.1, 0.15) is 0 Å². The van der Waals surface area contributed by atoms with E-state index in [0.717, 1.165) is 5.56 Å². The molecule has 0 atom stereocenters. The van der Waals surface area contributed by atoms with E-state index in [0.29, 0.717) is 26.3 Å². The van der Waals surface area contributed by atoms with Crippen LogP contribution in [0.3, 0.4) is 0 Å². The summed E-state index contributed by atoms with van der Waals surface area (Å²) >= 11 is 7.10. The van der Waals surface area contributed by atoms with Crippen molar-refractivity contribution in [3.8, 4) is 0 Å². The summed E-state index contributed by atoms with van der Waals surface area (Å²) in [6.07, 6.45) is 1.74. The van der Waals surface area contributed by atoms with Crippen molar-refractivity contribution < 1.29 is 14.3 Å². The number of carbonyl (C=O) groups excluding carboxylic acids is 2. The summed E-state index contributed by atoms with van der Waals surface area (Å²) in [5.74, 6) is -0.612. The quantitative estimate of drug-likeness (QED) is 0.652. The zero-order valence-corrected chi connectivity index (χ0v) is 14.7. The Morgan fingerprint density at radius 2 is 1.84 bits per heavy atom. The van der Waals surface area contributed by atoms with E-state index in [1.807, 2.05) is 0 Å². The first-order valence-corrected chi connectivity index (χ1v) is 8.48. The summed E-state index contributed by atoms with van der Waals surface area (Å²) in [7, 11) is 1.33. The molecule has 0 spiro atoms. The van der Waals surface area contributed by atoms with Gasteiger partial charge < -0.3 is 10.1 Å². The molecule has 1 saturated heterocycles. The normalized spacial score (nSPS) is 17.0. The van der Waals surface area contributed by atoms with Gasteiger partial charge in [0.25, 0.3) is 5.91 Å². The number of esters is 1. The molecule has 25 heavy (non-hydrogen) atoms. The highest BCUT2D eigenvalue weighted by molar-refractivity contribution is 8.18. The Kier molecular flexibility index (Phi) is 5.21. The van der Waals surface area contributed by atoms with Gasteiger partial charge in [0.15, 0.2) is 5.17 Å². The molecule has 5 nitrogen and oxygen atoms in total. The number of halogens is 1. The number of hydrogen-bond acceptors (Lipinski definition) is 5. The Hall–Kier alpha value is -2.57. The average Bonchev–Trinajstić information content (AvgIpc) is 2.96. The van der Waals surface area contributed by atoms with Crippen molar-refractivity contribution in [2.24, 2.45) is 4.99 Å². The van der Waals surface area contributed by atoms with Crippen LogP contribution in [0.2, 0.25) is 5.02 Å². The van der Waals surface area contributed by atoms with Crippen LogP contribution in [-0.2, 0) is 9.53 Å². The largest absolute Gasteiger partial charge is 0.465 e. The minimum atomic E-state index is -0.399. The van der Waals surface area contributed by atoms with Crippen molar-refractivity contribution in [3.63, 3.8) is 0 Å². The van der Waals surface area contributed by atoms with Crippen LogP contribution in [-0.4, -0.2) is 24.2 Å². The van der Waals surface area contributed by atoms with Crippen molar-refractivity contribution in [1.82, 2.24) is 5.32 Å². The maximum atomic E-state index is 12.1. The van der Waals surface area contributed by atoms with E-state index in [9.17, 15) is 9.59 Å². The number of ether oxygens (including phenoxy) is 1. The highest BCUT2D eigenvalue weighted by atomic mass is 35.5. The van der Waals surface area contributed by atoms with E-state index in [2.05, 4.69) is 15.0 Å². The molecule has 0 bridgehead atoms. The molecule has 0 aromatic heterocycles. The molecule has 126 valence electrons. The fourth-order valence-electron chi connectivity index (χ4n) is 2.10. The third-order valence-corrected chi connectivity index (χ3v) is 4.50. The first-order chi connectivity index (χ1) is 12.0.